The zero-order chi connectivity index (χ0) is 29.1. The monoisotopic (exact) mass is 575 g/mol. The Morgan fingerprint density at radius 2 is 1.62 bits per heavy atom. The third-order valence-corrected chi connectivity index (χ3v) is 5.66. The smallest absolute Gasteiger partial charge is 0.387 e. The van der Waals surface area contributed by atoms with Crippen molar-refractivity contribution in [1.29, 1.82) is 0 Å². The fourth-order valence-corrected chi connectivity index (χ4v) is 3.67. The Labute approximate surface area is 219 Å². The van der Waals surface area contributed by atoms with Crippen LogP contribution in [0.2, 0.25) is 0 Å². The molecule has 0 fully saturated rings. The maximum absolute atomic E-state index is 15.7. The van der Waals surface area contributed by atoms with Crippen molar-refractivity contribution in [2.75, 3.05) is 6.61 Å². The van der Waals surface area contributed by atoms with Gasteiger partial charge in [-0.05, 0) is 59.0 Å². The molecule has 0 spiro atoms. The van der Waals surface area contributed by atoms with Gasteiger partial charge in [-0.3, -0.25) is 4.98 Å². The molecular formula is C24H17F8N5O3. The van der Waals surface area contributed by atoms with E-state index in [1.165, 1.54) is 0 Å². The summed E-state index contributed by atoms with van der Waals surface area (Å²) >= 11 is 0. The normalized spacial score (nSPS) is 13.8. The molecule has 0 aliphatic heterocycles. The highest BCUT2D eigenvalue weighted by Crippen LogP contribution is 2.47. The fraction of sp³-hybridized carbons (Fsp3) is 0.250. The Hall–Kier alpha value is -4.34. The topological polar surface area (TPSA) is 95.2 Å². The van der Waals surface area contributed by atoms with Crippen LogP contribution >= 0.6 is 0 Å². The number of tetrazole rings is 1. The van der Waals surface area contributed by atoms with Crippen molar-refractivity contribution >= 4 is 0 Å². The summed E-state index contributed by atoms with van der Waals surface area (Å²) in [5.41, 5.74) is -6.08. The molecule has 1 atom stereocenters. The van der Waals surface area contributed by atoms with Crippen molar-refractivity contribution in [3.05, 3.63) is 95.6 Å². The molecule has 1 N–H and O–H groups in total. The largest absolute Gasteiger partial charge is 0.485 e. The summed E-state index contributed by atoms with van der Waals surface area (Å²) in [5, 5.41) is 21.1. The molecule has 4 aromatic rings. The van der Waals surface area contributed by atoms with Crippen molar-refractivity contribution in [3.63, 3.8) is 0 Å². The molecule has 1 unspecified atom stereocenters. The first-order valence-corrected chi connectivity index (χ1v) is 11.1. The highest BCUT2D eigenvalue weighted by Gasteiger charge is 2.58. The van der Waals surface area contributed by atoms with E-state index in [0.29, 0.717) is 35.1 Å². The maximum Gasteiger partial charge on any atom is 0.387 e. The Morgan fingerprint density at radius 1 is 0.925 bits per heavy atom. The molecule has 2 aromatic heterocycles. The molecule has 0 bridgehead atoms. The summed E-state index contributed by atoms with van der Waals surface area (Å²) in [6.45, 7) is -5.49. The van der Waals surface area contributed by atoms with Crippen molar-refractivity contribution in [2.45, 2.75) is 30.6 Å². The van der Waals surface area contributed by atoms with Crippen LogP contribution in [0.4, 0.5) is 35.1 Å². The predicted molar refractivity (Wildman–Crippen MR) is 119 cm³/mol. The predicted octanol–water partition coefficient (Wildman–Crippen LogP) is 4.80. The second-order valence-electron chi connectivity index (χ2n) is 8.34. The van der Waals surface area contributed by atoms with Crippen LogP contribution < -0.4 is 9.47 Å². The van der Waals surface area contributed by atoms with Crippen LogP contribution in [-0.4, -0.2) is 43.5 Å². The number of rotatable bonds is 11. The molecule has 0 saturated heterocycles. The molecule has 0 radical (unpaired) electrons. The molecule has 0 saturated carbocycles. The summed E-state index contributed by atoms with van der Waals surface area (Å²) in [7, 11) is 0. The highest BCUT2D eigenvalue weighted by molar-refractivity contribution is 5.33. The number of nitrogens with zero attached hydrogens (tertiary/aromatic N) is 5. The summed E-state index contributed by atoms with van der Waals surface area (Å²) in [5.74, 6) is -11.2. The molecule has 2 heterocycles. The SMILES string of the molecule is OC(Cn1cnnn1)(c1ccc(F)cc1F)C(F)(F)c1ccc(OCC(F)(F)c2ccc(OC(F)F)cc2)cn1. The van der Waals surface area contributed by atoms with Gasteiger partial charge in [-0.15, -0.1) is 5.10 Å². The average molecular weight is 575 g/mol. The minimum absolute atomic E-state index is 0.305. The number of halogens is 8. The van der Waals surface area contributed by atoms with Gasteiger partial charge in [0, 0.05) is 17.2 Å². The molecule has 0 aliphatic rings. The van der Waals surface area contributed by atoms with Crippen molar-refractivity contribution in [3.8, 4) is 11.5 Å². The quantitative estimate of drug-likeness (QED) is 0.257. The molecular weight excluding hydrogens is 558 g/mol. The van der Waals surface area contributed by atoms with Crippen molar-refractivity contribution in [1.82, 2.24) is 25.2 Å². The Kier molecular flexibility index (Phi) is 7.91. The zero-order valence-electron chi connectivity index (χ0n) is 19.9. The van der Waals surface area contributed by atoms with E-state index in [1.807, 2.05) is 0 Å². The van der Waals surface area contributed by atoms with E-state index in [4.69, 9.17) is 4.74 Å². The van der Waals surface area contributed by atoms with E-state index in [2.05, 4.69) is 25.2 Å². The third kappa shape index (κ3) is 5.95. The first-order chi connectivity index (χ1) is 18.8. The van der Waals surface area contributed by atoms with Gasteiger partial charge in [0.05, 0.1) is 12.7 Å². The van der Waals surface area contributed by atoms with Gasteiger partial charge in [0.25, 0.3) is 0 Å². The second-order valence-corrected chi connectivity index (χ2v) is 8.34. The van der Waals surface area contributed by atoms with Crippen LogP contribution in [0.5, 0.6) is 11.5 Å². The Bertz CT molecular complexity index is 1420. The lowest BCUT2D eigenvalue weighted by molar-refractivity contribution is -0.207. The fourth-order valence-electron chi connectivity index (χ4n) is 3.67. The summed E-state index contributed by atoms with van der Waals surface area (Å²) in [6, 6.07) is 6.66. The number of ether oxygens (including phenoxy) is 2. The van der Waals surface area contributed by atoms with E-state index in [9.17, 15) is 31.4 Å². The van der Waals surface area contributed by atoms with Crippen LogP contribution in [0.15, 0.2) is 67.1 Å². The van der Waals surface area contributed by atoms with E-state index < -0.39 is 65.7 Å². The standard InChI is InChI=1S/C24H17F8N5O3/c25-15-3-7-18(19(26)9-15)22(38,11-37-13-34-35-36-37)24(31,32)20-8-6-17(10-33-20)39-12-23(29,30)14-1-4-16(5-2-14)40-21(27)28/h1-10,13,21,38H,11-12H2. The molecule has 0 aliphatic carbocycles. The average Bonchev–Trinajstić information content (AvgIpc) is 3.40. The minimum atomic E-state index is -4.36. The van der Waals surface area contributed by atoms with E-state index >= 15 is 8.78 Å². The number of aliphatic hydroxyl groups is 1. The molecule has 4 rings (SSSR count). The third-order valence-electron chi connectivity index (χ3n) is 5.66. The van der Waals surface area contributed by atoms with Crippen LogP contribution in [0, 0.1) is 11.6 Å². The van der Waals surface area contributed by atoms with Gasteiger partial charge < -0.3 is 14.6 Å². The molecule has 16 heteroatoms. The van der Waals surface area contributed by atoms with Gasteiger partial charge in [-0.2, -0.15) is 26.3 Å². The minimum Gasteiger partial charge on any atom is -0.485 e. The lowest BCUT2D eigenvalue weighted by Crippen LogP contribution is -2.48. The number of alkyl halides is 6. The maximum atomic E-state index is 15.7. The van der Waals surface area contributed by atoms with Gasteiger partial charge in [-0.1, -0.05) is 0 Å². The Balaban J connectivity index is 1.55. The van der Waals surface area contributed by atoms with Crippen LogP contribution in [0.1, 0.15) is 16.8 Å². The molecule has 0 amide bonds. The van der Waals surface area contributed by atoms with Gasteiger partial charge in [0.2, 0.25) is 0 Å². The second kappa shape index (κ2) is 11.0. The van der Waals surface area contributed by atoms with Gasteiger partial charge in [-0.25, -0.2) is 13.5 Å². The molecule has 40 heavy (non-hydrogen) atoms. The van der Waals surface area contributed by atoms with E-state index in [-0.39, 0.29) is 11.5 Å². The molecule has 2 aromatic carbocycles. The first-order valence-electron chi connectivity index (χ1n) is 11.1. The summed E-state index contributed by atoms with van der Waals surface area (Å²) < 4.78 is 123. The highest BCUT2D eigenvalue weighted by atomic mass is 19.3. The van der Waals surface area contributed by atoms with Crippen LogP contribution in [0.25, 0.3) is 0 Å². The molecule has 8 nitrogen and oxygen atoms in total. The lowest BCUT2D eigenvalue weighted by atomic mass is 9.84. The number of hydrogen-bond donors (Lipinski definition) is 1. The van der Waals surface area contributed by atoms with E-state index in [1.54, 1.807) is 0 Å². The zero-order valence-corrected chi connectivity index (χ0v) is 19.9. The van der Waals surface area contributed by atoms with Crippen LogP contribution in [0.3, 0.4) is 0 Å². The molecule has 212 valence electrons. The van der Waals surface area contributed by atoms with Crippen molar-refractivity contribution < 1.29 is 49.7 Å². The van der Waals surface area contributed by atoms with Crippen LogP contribution in [-0.2, 0) is 24.0 Å². The lowest BCUT2D eigenvalue weighted by Gasteiger charge is -2.35. The number of benzene rings is 2. The van der Waals surface area contributed by atoms with E-state index in [0.717, 1.165) is 36.7 Å². The summed E-state index contributed by atoms with van der Waals surface area (Å²) in [6.07, 6.45) is 1.56. The van der Waals surface area contributed by atoms with Gasteiger partial charge in [0.15, 0.2) is 12.2 Å². The first kappa shape index (κ1) is 28.7. The number of hydrogen-bond acceptors (Lipinski definition) is 7. The van der Waals surface area contributed by atoms with Gasteiger partial charge in [0.1, 0.15) is 35.2 Å². The number of pyridine rings is 1. The summed E-state index contributed by atoms with van der Waals surface area (Å²) in [4.78, 5) is 3.51. The van der Waals surface area contributed by atoms with Gasteiger partial charge >= 0.3 is 18.5 Å². The number of aromatic nitrogens is 5. The van der Waals surface area contributed by atoms with Crippen molar-refractivity contribution in [2.24, 2.45) is 0 Å². The Morgan fingerprint density at radius 3 is 2.20 bits per heavy atom.